The minimum absolute atomic E-state index is 0.0162. The Morgan fingerprint density at radius 1 is 1.07 bits per heavy atom. The molecule has 228 valence electrons. The van der Waals surface area contributed by atoms with Gasteiger partial charge in [0.15, 0.2) is 6.10 Å². The van der Waals surface area contributed by atoms with Gasteiger partial charge in [0.2, 0.25) is 5.91 Å². The first-order valence-electron chi connectivity index (χ1n) is 13.2. The second kappa shape index (κ2) is 12.4. The van der Waals surface area contributed by atoms with Gasteiger partial charge in [-0.15, -0.1) is 0 Å². The lowest BCUT2D eigenvalue weighted by Gasteiger charge is -2.29. The first kappa shape index (κ1) is 30.7. The van der Waals surface area contributed by atoms with Crippen molar-refractivity contribution in [2.24, 2.45) is 5.73 Å². The summed E-state index contributed by atoms with van der Waals surface area (Å²) in [6.07, 6.45) is -6.63. The Morgan fingerprint density at radius 3 is 2.51 bits per heavy atom. The number of halogens is 5. The SMILES string of the molecule is NC(=O)c1ccc(NC(=O)C(C[C@@H]2COCCO2)n2cc3c(cc2=O)-c2cc(Cl)ccc2CC(C(F)(F)F)OC3)cc1F. The molecule has 2 unspecified atom stereocenters. The highest BCUT2D eigenvalue weighted by Crippen LogP contribution is 2.37. The van der Waals surface area contributed by atoms with E-state index >= 15 is 0 Å². The zero-order chi connectivity index (χ0) is 30.9. The molecule has 1 fully saturated rings. The molecule has 3 aromatic rings. The van der Waals surface area contributed by atoms with Crippen molar-refractivity contribution in [3.05, 3.63) is 86.5 Å². The summed E-state index contributed by atoms with van der Waals surface area (Å²) in [6, 6.07) is 7.65. The maximum Gasteiger partial charge on any atom is 0.414 e. The van der Waals surface area contributed by atoms with E-state index < -0.39 is 60.6 Å². The van der Waals surface area contributed by atoms with E-state index in [2.05, 4.69) is 5.32 Å². The van der Waals surface area contributed by atoms with Crippen LogP contribution in [0.2, 0.25) is 5.02 Å². The number of ether oxygens (including phenoxy) is 3. The Kier molecular flexibility index (Phi) is 8.88. The number of nitrogens with two attached hydrogens (primary N) is 1. The summed E-state index contributed by atoms with van der Waals surface area (Å²) >= 11 is 6.18. The highest BCUT2D eigenvalue weighted by atomic mass is 35.5. The zero-order valence-corrected chi connectivity index (χ0v) is 23.2. The van der Waals surface area contributed by atoms with Crippen LogP contribution in [0.25, 0.3) is 11.1 Å². The number of anilines is 1. The molecule has 0 bridgehead atoms. The van der Waals surface area contributed by atoms with Crippen LogP contribution in [0, 0.1) is 5.82 Å². The van der Waals surface area contributed by atoms with Crippen molar-refractivity contribution in [2.45, 2.75) is 43.9 Å². The number of amides is 2. The van der Waals surface area contributed by atoms with Crippen LogP contribution in [0.15, 0.2) is 53.5 Å². The van der Waals surface area contributed by atoms with Crippen molar-refractivity contribution < 1.29 is 41.4 Å². The maximum absolute atomic E-state index is 14.4. The molecule has 0 saturated carbocycles. The fourth-order valence-electron chi connectivity index (χ4n) is 5.12. The molecule has 2 amide bonds. The van der Waals surface area contributed by atoms with Crippen molar-refractivity contribution >= 4 is 29.1 Å². The highest BCUT2D eigenvalue weighted by molar-refractivity contribution is 6.30. The molecule has 3 N–H and O–H groups in total. The van der Waals surface area contributed by atoms with E-state index in [0.29, 0.717) is 17.7 Å². The van der Waals surface area contributed by atoms with Crippen molar-refractivity contribution in [2.75, 3.05) is 25.1 Å². The number of hydrogen-bond acceptors (Lipinski definition) is 6. The van der Waals surface area contributed by atoms with Crippen LogP contribution >= 0.6 is 11.6 Å². The number of primary amides is 1. The number of aromatic nitrogens is 1. The molecule has 1 saturated heterocycles. The first-order valence-corrected chi connectivity index (χ1v) is 13.6. The van der Waals surface area contributed by atoms with Gasteiger partial charge < -0.3 is 29.8 Å². The van der Waals surface area contributed by atoms with Crippen molar-refractivity contribution in [1.82, 2.24) is 4.57 Å². The van der Waals surface area contributed by atoms with E-state index in [1.165, 1.54) is 36.5 Å². The molecular weight excluding hydrogens is 598 g/mol. The van der Waals surface area contributed by atoms with Crippen LogP contribution in [0.1, 0.15) is 33.9 Å². The van der Waals surface area contributed by atoms with E-state index in [9.17, 15) is 31.9 Å². The number of rotatable bonds is 6. The van der Waals surface area contributed by atoms with E-state index in [0.717, 1.165) is 16.7 Å². The normalized spacial score (nSPS) is 19.4. The lowest BCUT2D eigenvalue weighted by atomic mass is 9.92. The molecule has 2 aliphatic rings. The Labute approximate surface area is 247 Å². The number of nitrogens with zero attached hydrogens (tertiary/aromatic N) is 1. The van der Waals surface area contributed by atoms with E-state index in [4.69, 9.17) is 31.5 Å². The Balaban J connectivity index is 1.56. The number of carbonyl (C=O) groups excluding carboxylic acids is 2. The van der Waals surface area contributed by atoms with E-state index in [1.807, 2.05) is 0 Å². The molecule has 5 rings (SSSR count). The largest absolute Gasteiger partial charge is 0.414 e. The molecule has 3 heterocycles. The Bertz CT molecular complexity index is 1610. The lowest BCUT2D eigenvalue weighted by Crippen LogP contribution is -2.39. The summed E-state index contributed by atoms with van der Waals surface area (Å²) in [5, 5.41) is 2.80. The fraction of sp³-hybridized carbons (Fsp3) is 0.345. The third-order valence-electron chi connectivity index (χ3n) is 7.25. The molecular formula is C29H26ClF4N3O6. The van der Waals surface area contributed by atoms with Gasteiger partial charge >= 0.3 is 6.18 Å². The second-order valence-corrected chi connectivity index (χ2v) is 10.6. The summed E-state index contributed by atoms with van der Waals surface area (Å²) in [5.41, 5.74) is 5.29. The molecule has 3 atom stereocenters. The van der Waals surface area contributed by atoms with Crippen LogP contribution in [-0.2, 0) is 32.0 Å². The highest BCUT2D eigenvalue weighted by Gasteiger charge is 2.42. The topological polar surface area (TPSA) is 122 Å². The molecule has 0 spiro atoms. The zero-order valence-electron chi connectivity index (χ0n) is 22.5. The van der Waals surface area contributed by atoms with Gasteiger partial charge in [0.25, 0.3) is 11.5 Å². The monoisotopic (exact) mass is 623 g/mol. The van der Waals surface area contributed by atoms with Crippen molar-refractivity contribution in [3.8, 4) is 11.1 Å². The standard InChI is InChI=1S/C29H26ClF4N3O6/c30-17-2-1-15-7-25(29(32,33)34)43-13-16-12-37(26(38)11-22(16)21(15)8-17)24(10-19-14-41-5-6-42-19)28(40)36-18-3-4-20(27(35)39)23(31)9-18/h1-4,8-9,11-12,19,24-25H,5-7,10,13-14H2,(H2,35,39)(H,36,40)/t19-,24?,25?/m1/s1. The minimum Gasteiger partial charge on any atom is -0.376 e. The number of carbonyl (C=O) groups is 2. The van der Waals surface area contributed by atoms with Crippen LogP contribution in [-0.4, -0.2) is 54.6 Å². The van der Waals surface area contributed by atoms with Gasteiger partial charge in [-0.1, -0.05) is 17.7 Å². The van der Waals surface area contributed by atoms with Gasteiger partial charge in [-0.25, -0.2) is 4.39 Å². The number of nitrogens with one attached hydrogen (secondary N) is 1. The van der Waals surface area contributed by atoms with Crippen LogP contribution in [0.5, 0.6) is 0 Å². The van der Waals surface area contributed by atoms with Gasteiger partial charge in [-0.05, 0) is 47.0 Å². The third kappa shape index (κ3) is 6.90. The average Bonchev–Trinajstić information content (AvgIpc) is 2.94. The molecule has 43 heavy (non-hydrogen) atoms. The summed E-state index contributed by atoms with van der Waals surface area (Å²) in [4.78, 5) is 38.6. The van der Waals surface area contributed by atoms with Gasteiger partial charge in [0.05, 0.1) is 38.1 Å². The average molecular weight is 624 g/mol. The van der Waals surface area contributed by atoms with Gasteiger partial charge in [-0.3, -0.25) is 14.4 Å². The summed E-state index contributed by atoms with van der Waals surface area (Å²) < 4.78 is 73.3. The Morgan fingerprint density at radius 2 is 1.84 bits per heavy atom. The molecule has 2 aliphatic heterocycles. The molecule has 9 nitrogen and oxygen atoms in total. The van der Waals surface area contributed by atoms with Crippen molar-refractivity contribution in [3.63, 3.8) is 0 Å². The van der Waals surface area contributed by atoms with E-state index in [1.54, 1.807) is 0 Å². The molecule has 14 heteroatoms. The summed E-state index contributed by atoms with van der Waals surface area (Å²) in [5.74, 6) is -2.70. The first-order chi connectivity index (χ1) is 20.4. The van der Waals surface area contributed by atoms with Gasteiger partial charge in [0.1, 0.15) is 11.9 Å². The second-order valence-electron chi connectivity index (χ2n) is 10.2. The Hall–Kier alpha value is -3.78. The van der Waals surface area contributed by atoms with Crippen LogP contribution < -0.4 is 16.6 Å². The predicted octanol–water partition coefficient (Wildman–Crippen LogP) is 4.40. The predicted molar refractivity (Wildman–Crippen MR) is 147 cm³/mol. The number of alkyl halides is 3. The van der Waals surface area contributed by atoms with Crippen LogP contribution in [0.3, 0.4) is 0 Å². The molecule has 0 aliphatic carbocycles. The number of hydrogen-bond donors (Lipinski definition) is 2. The van der Waals surface area contributed by atoms with Crippen molar-refractivity contribution in [1.29, 1.82) is 0 Å². The quantitative estimate of drug-likeness (QED) is 0.393. The number of benzene rings is 2. The summed E-state index contributed by atoms with van der Waals surface area (Å²) in [7, 11) is 0. The third-order valence-corrected chi connectivity index (χ3v) is 7.48. The van der Waals surface area contributed by atoms with Gasteiger partial charge in [0, 0.05) is 41.4 Å². The van der Waals surface area contributed by atoms with Crippen LogP contribution in [0.4, 0.5) is 23.2 Å². The smallest absolute Gasteiger partial charge is 0.376 e. The number of pyridine rings is 1. The lowest BCUT2D eigenvalue weighted by molar-refractivity contribution is -0.223. The maximum atomic E-state index is 14.4. The summed E-state index contributed by atoms with van der Waals surface area (Å²) in [6.45, 7) is 0.218. The molecule has 1 aromatic heterocycles. The molecule has 0 radical (unpaired) electrons. The van der Waals surface area contributed by atoms with Gasteiger partial charge in [-0.2, -0.15) is 13.2 Å². The van der Waals surface area contributed by atoms with E-state index in [-0.39, 0.29) is 47.0 Å². The fourth-order valence-corrected chi connectivity index (χ4v) is 5.30. The molecule has 2 aromatic carbocycles. The number of fused-ring (bicyclic) bond motifs is 3. The minimum atomic E-state index is -4.66.